The molecule has 19 heavy (non-hydrogen) atoms. The van der Waals surface area contributed by atoms with Gasteiger partial charge in [-0.25, -0.2) is 4.98 Å². The van der Waals surface area contributed by atoms with Crippen LogP contribution < -0.4 is 10.9 Å². The van der Waals surface area contributed by atoms with Crippen molar-refractivity contribution in [2.45, 2.75) is 37.1 Å². The maximum Gasteiger partial charge on any atom is 0.260 e. The average Bonchev–Trinajstić information content (AvgIpc) is 2.66. The summed E-state index contributed by atoms with van der Waals surface area (Å²) in [7, 11) is 0. The van der Waals surface area contributed by atoms with Gasteiger partial charge in [0.05, 0.1) is 5.39 Å². The fourth-order valence-corrected chi connectivity index (χ4v) is 4.53. The highest BCUT2D eigenvalue weighted by atomic mass is 32.2. The summed E-state index contributed by atoms with van der Waals surface area (Å²) in [6, 6.07) is 0. The fourth-order valence-electron chi connectivity index (χ4n) is 2.36. The van der Waals surface area contributed by atoms with Gasteiger partial charge < -0.3 is 10.3 Å². The molecule has 0 spiro atoms. The molecule has 1 fully saturated rings. The lowest BCUT2D eigenvalue weighted by Gasteiger charge is -2.21. The summed E-state index contributed by atoms with van der Waals surface area (Å²) in [5.41, 5.74) is 1.07. The number of nitrogens with one attached hydrogen (secondary N) is 2. The number of fused-ring (bicyclic) bond motifs is 1. The Hall–Kier alpha value is -0.850. The van der Waals surface area contributed by atoms with Crippen LogP contribution in [0.5, 0.6) is 0 Å². The van der Waals surface area contributed by atoms with Crippen LogP contribution in [0.2, 0.25) is 0 Å². The van der Waals surface area contributed by atoms with Gasteiger partial charge in [-0.15, -0.1) is 11.3 Å². The molecule has 6 heteroatoms. The average molecular weight is 295 g/mol. The number of hydrogen-bond donors (Lipinski definition) is 2. The van der Waals surface area contributed by atoms with Crippen molar-refractivity contribution in [3.63, 3.8) is 0 Å². The van der Waals surface area contributed by atoms with Gasteiger partial charge in [0.2, 0.25) is 0 Å². The highest BCUT2D eigenvalue weighted by Gasteiger charge is 2.17. The smallest absolute Gasteiger partial charge is 0.260 e. The van der Waals surface area contributed by atoms with Crippen molar-refractivity contribution in [3.05, 3.63) is 20.8 Å². The van der Waals surface area contributed by atoms with E-state index < -0.39 is 0 Å². The summed E-state index contributed by atoms with van der Waals surface area (Å²) in [6.45, 7) is 6.15. The molecular formula is C13H17N3OS2. The molecular weight excluding hydrogens is 278 g/mol. The number of aromatic amines is 1. The third-order valence-electron chi connectivity index (χ3n) is 3.58. The van der Waals surface area contributed by atoms with Crippen LogP contribution in [0.15, 0.2) is 9.95 Å². The predicted octanol–water partition coefficient (Wildman–Crippen LogP) is 2.45. The standard InChI is InChI=1S/C13H17N3OS2/c1-7-8(2)18-12-10(7)11(17)15-13(16-12)19-9-3-5-14-6-4-9/h9,14H,3-6H2,1-2H3,(H,15,16,17). The van der Waals surface area contributed by atoms with Gasteiger partial charge in [-0.3, -0.25) is 4.79 Å². The zero-order valence-corrected chi connectivity index (χ0v) is 12.7. The van der Waals surface area contributed by atoms with E-state index in [1.54, 1.807) is 23.1 Å². The van der Waals surface area contributed by atoms with E-state index in [9.17, 15) is 4.79 Å². The Kier molecular flexibility index (Phi) is 3.64. The van der Waals surface area contributed by atoms with Crippen LogP contribution in [0.3, 0.4) is 0 Å². The minimum absolute atomic E-state index is 0.00304. The van der Waals surface area contributed by atoms with Crippen LogP contribution in [0.1, 0.15) is 23.3 Å². The first kappa shape index (κ1) is 13.1. The monoisotopic (exact) mass is 295 g/mol. The Morgan fingerprint density at radius 3 is 2.79 bits per heavy atom. The summed E-state index contributed by atoms with van der Waals surface area (Å²) >= 11 is 3.32. The van der Waals surface area contributed by atoms with Crippen molar-refractivity contribution < 1.29 is 0 Å². The second-order valence-corrected chi connectivity index (χ2v) is 7.39. The molecule has 2 aromatic rings. The first-order valence-electron chi connectivity index (χ1n) is 6.52. The van der Waals surface area contributed by atoms with Gasteiger partial charge in [-0.05, 0) is 45.3 Å². The predicted molar refractivity (Wildman–Crippen MR) is 81.5 cm³/mol. The number of thiophene rings is 1. The van der Waals surface area contributed by atoms with Crippen molar-refractivity contribution in [3.8, 4) is 0 Å². The molecule has 3 rings (SSSR count). The Bertz CT molecular complexity index is 656. The van der Waals surface area contributed by atoms with Crippen LogP contribution in [0.4, 0.5) is 0 Å². The van der Waals surface area contributed by atoms with E-state index in [0.29, 0.717) is 5.25 Å². The molecule has 1 aliphatic heterocycles. The molecule has 3 heterocycles. The van der Waals surface area contributed by atoms with Crippen molar-refractivity contribution in [1.29, 1.82) is 0 Å². The van der Waals surface area contributed by atoms with Gasteiger partial charge in [0.25, 0.3) is 5.56 Å². The summed E-state index contributed by atoms with van der Waals surface area (Å²) in [5.74, 6) is 0. The van der Waals surface area contributed by atoms with Crippen LogP contribution >= 0.6 is 23.1 Å². The molecule has 1 aliphatic rings. The molecule has 2 N–H and O–H groups in total. The Morgan fingerprint density at radius 1 is 1.32 bits per heavy atom. The Balaban J connectivity index is 1.94. The molecule has 0 atom stereocenters. The molecule has 0 amide bonds. The minimum Gasteiger partial charge on any atom is -0.317 e. The molecule has 0 unspecified atom stereocenters. The van der Waals surface area contributed by atoms with E-state index in [1.807, 2.05) is 13.8 Å². The second-order valence-electron chi connectivity index (χ2n) is 4.90. The van der Waals surface area contributed by atoms with E-state index in [0.717, 1.165) is 46.9 Å². The largest absolute Gasteiger partial charge is 0.317 e. The highest BCUT2D eigenvalue weighted by Crippen LogP contribution is 2.30. The van der Waals surface area contributed by atoms with Crippen LogP contribution in [-0.4, -0.2) is 28.3 Å². The van der Waals surface area contributed by atoms with Crippen LogP contribution in [0.25, 0.3) is 10.2 Å². The van der Waals surface area contributed by atoms with Crippen molar-refractivity contribution >= 4 is 33.3 Å². The summed E-state index contributed by atoms with van der Waals surface area (Å²) in [5, 5.41) is 5.44. The van der Waals surface area contributed by atoms with Crippen molar-refractivity contribution in [1.82, 2.24) is 15.3 Å². The number of nitrogens with zero attached hydrogens (tertiary/aromatic N) is 1. The zero-order valence-electron chi connectivity index (χ0n) is 11.1. The normalized spacial score (nSPS) is 17.2. The number of piperidine rings is 1. The lowest BCUT2D eigenvalue weighted by Crippen LogP contribution is -2.29. The number of thioether (sulfide) groups is 1. The van der Waals surface area contributed by atoms with Crippen LogP contribution in [-0.2, 0) is 0 Å². The molecule has 0 radical (unpaired) electrons. The molecule has 0 bridgehead atoms. The summed E-state index contributed by atoms with van der Waals surface area (Å²) < 4.78 is 0. The van der Waals surface area contributed by atoms with Gasteiger partial charge in [-0.2, -0.15) is 0 Å². The Morgan fingerprint density at radius 2 is 2.05 bits per heavy atom. The summed E-state index contributed by atoms with van der Waals surface area (Å²) in [6.07, 6.45) is 2.27. The number of H-pyrrole nitrogens is 1. The van der Waals surface area contributed by atoms with E-state index in [-0.39, 0.29) is 5.56 Å². The minimum atomic E-state index is 0.00304. The van der Waals surface area contributed by atoms with Gasteiger partial charge in [-0.1, -0.05) is 11.8 Å². The van der Waals surface area contributed by atoms with E-state index >= 15 is 0 Å². The van der Waals surface area contributed by atoms with Crippen molar-refractivity contribution in [2.75, 3.05) is 13.1 Å². The highest BCUT2D eigenvalue weighted by molar-refractivity contribution is 7.99. The summed E-state index contributed by atoms with van der Waals surface area (Å²) in [4.78, 5) is 21.8. The maximum atomic E-state index is 12.2. The molecule has 0 aliphatic carbocycles. The maximum absolute atomic E-state index is 12.2. The van der Waals surface area contributed by atoms with Gasteiger partial charge in [0.1, 0.15) is 4.83 Å². The number of aryl methyl sites for hydroxylation is 2. The molecule has 2 aromatic heterocycles. The molecule has 0 aromatic carbocycles. The third kappa shape index (κ3) is 2.57. The van der Waals surface area contributed by atoms with Gasteiger partial charge in [0.15, 0.2) is 5.16 Å². The molecule has 102 valence electrons. The van der Waals surface area contributed by atoms with E-state index in [4.69, 9.17) is 0 Å². The first-order valence-corrected chi connectivity index (χ1v) is 8.22. The van der Waals surface area contributed by atoms with Gasteiger partial charge >= 0.3 is 0 Å². The van der Waals surface area contributed by atoms with Crippen LogP contribution in [0, 0.1) is 13.8 Å². The quantitative estimate of drug-likeness (QED) is 0.836. The van der Waals surface area contributed by atoms with Gasteiger partial charge in [0, 0.05) is 10.1 Å². The lowest BCUT2D eigenvalue weighted by molar-refractivity contribution is 0.531. The SMILES string of the molecule is Cc1sc2nc(SC3CCNCC3)[nH]c(=O)c2c1C. The van der Waals surface area contributed by atoms with E-state index in [2.05, 4.69) is 15.3 Å². The van der Waals surface area contributed by atoms with E-state index in [1.165, 1.54) is 4.88 Å². The number of aromatic nitrogens is 2. The third-order valence-corrected chi connectivity index (χ3v) is 5.90. The molecule has 0 saturated carbocycles. The Labute approximate surface area is 120 Å². The lowest BCUT2D eigenvalue weighted by atomic mass is 10.2. The topological polar surface area (TPSA) is 57.8 Å². The first-order chi connectivity index (χ1) is 9.15. The number of rotatable bonds is 2. The number of hydrogen-bond acceptors (Lipinski definition) is 5. The fraction of sp³-hybridized carbons (Fsp3) is 0.538. The van der Waals surface area contributed by atoms with Crippen molar-refractivity contribution in [2.24, 2.45) is 0 Å². The molecule has 4 nitrogen and oxygen atoms in total. The molecule has 1 saturated heterocycles. The zero-order chi connectivity index (χ0) is 13.4. The second kappa shape index (κ2) is 5.26.